The zero-order valence-corrected chi connectivity index (χ0v) is 10.8. The molecule has 0 fully saturated rings. The summed E-state index contributed by atoms with van der Waals surface area (Å²) < 4.78 is 7.73. The van der Waals surface area contributed by atoms with Gasteiger partial charge in [-0.15, -0.1) is 10.2 Å². The lowest BCUT2D eigenvalue weighted by Gasteiger charge is -2.20. The van der Waals surface area contributed by atoms with Crippen molar-refractivity contribution in [3.63, 3.8) is 0 Å². The molecule has 6 heteroatoms. The number of fused-ring (bicyclic) bond motifs is 2. The number of anilines is 1. The van der Waals surface area contributed by atoms with Crippen molar-refractivity contribution in [2.75, 3.05) is 11.9 Å². The van der Waals surface area contributed by atoms with Gasteiger partial charge in [-0.25, -0.2) is 4.98 Å². The van der Waals surface area contributed by atoms with Crippen LogP contribution in [0.25, 0.3) is 5.65 Å². The highest BCUT2D eigenvalue weighted by Gasteiger charge is 2.15. The van der Waals surface area contributed by atoms with Crippen LogP contribution in [-0.4, -0.2) is 26.1 Å². The average Bonchev–Trinajstić information content (AvgIpc) is 2.97. The van der Waals surface area contributed by atoms with Crippen molar-refractivity contribution in [1.29, 1.82) is 0 Å². The van der Waals surface area contributed by atoms with Crippen LogP contribution < -0.4 is 10.1 Å². The molecule has 1 aliphatic heterocycles. The molecule has 1 aromatic carbocycles. The van der Waals surface area contributed by atoms with E-state index in [0.29, 0.717) is 11.5 Å². The van der Waals surface area contributed by atoms with E-state index in [4.69, 9.17) is 4.74 Å². The first-order valence-corrected chi connectivity index (χ1v) is 6.60. The summed E-state index contributed by atoms with van der Waals surface area (Å²) >= 11 is 0. The smallest absolute Gasteiger partial charge is 0.265 e. The summed E-state index contributed by atoms with van der Waals surface area (Å²) in [7, 11) is 0. The van der Waals surface area contributed by atoms with Gasteiger partial charge < -0.3 is 10.1 Å². The third-order valence-corrected chi connectivity index (χ3v) is 3.43. The second kappa shape index (κ2) is 4.48. The van der Waals surface area contributed by atoms with E-state index in [1.54, 1.807) is 23.1 Å². The van der Waals surface area contributed by atoms with E-state index in [1.165, 1.54) is 5.56 Å². The fourth-order valence-electron chi connectivity index (χ4n) is 2.47. The minimum Gasteiger partial charge on any atom is -0.434 e. The average molecular weight is 267 g/mol. The Morgan fingerprint density at radius 2 is 2.30 bits per heavy atom. The first-order valence-electron chi connectivity index (χ1n) is 6.60. The van der Waals surface area contributed by atoms with Gasteiger partial charge in [-0.2, -0.15) is 0 Å². The Kier molecular flexibility index (Phi) is 2.51. The van der Waals surface area contributed by atoms with Crippen molar-refractivity contribution >= 4 is 11.3 Å². The topological polar surface area (TPSA) is 64.3 Å². The molecule has 0 amide bonds. The molecule has 20 heavy (non-hydrogen) atoms. The monoisotopic (exact) mass is 267 g/mol. The van der Waals surface area contributed by atoms with Gasteiger partial charge >= 0.3 is 0 Å². The molecule has 1 N–H and O–H groups in total. The molecule has 0 radical (unpaired) electrons. The molecule has 3 aromatic rings. The zero-order chi connectivity index (χ0) is 13.4. The van der Waals surface area contributed by atoms with Crippen LogP contribution in [0.4, 0.5) is 5.69 Å². The van der Waals surface area contributed by atoms with E-state index in [1.807, 2.05) is 12.1 Å². The number of rotatable bonds is 2. The van der Waals surface area contributed by atoms with Crippen molar-refractivity contribution in [2.45, 2.75) is 12.8 Å². The fourth-order valence-corrected chi connectivity index (χ4v) is 2.47. The summed E-state index contributed by atoms with van der Waals surface area (Å²) in [5.41, 5.74) is 2.95. The summed E-state index contributed by atoms with van der Waals surface area (Å²) in [6.45, 7) is 0.968. The Labute approximate surface area is 115 Å². The highest BCUT2D eigenvalue weighted by atomic mass is 16.5. The second-order valence-electron chi connectivity index (χ2n) is 4.72. The largest absolute Gasteiger partial charge is 0.434 e. The maximum atomic E-state index is 5.95. The predicted octanol–water partition coefficient (Wildman–Crippen LogP) is 2.27. The minimum atomic E-state index is 0.464. The molecule has 4 rings (SSSR count). The predicted molar refractivity (Wildman–Crippen MR) is 74.1 cm³/mol. The van der Waals surface area contributed by atoms with Crippen molar-refractivity contribution in [2.24, 2.45) is 0 Å². The summed E-state index contributed by atoms with van der Waals surface area (Å²) in [5, 5.41) is 11.3. The van der Waals surface area contributed by atoms with Gasteiger partial charge in [-0.05, 0) is 24.5 Å². The van der Waals surface area contributed by atoms with Crippen LogP contribution in [0.3, 0.4) is 0 Å². The molecule has 1 aliphatic rings. The van der Waals surface area contributed by atoms with Gasteiger partial charge in [0.05, 0.1) is 5.69 Å². The van der Waals surface area contributed by atoms with Gasteiger partial charge in [0.1, 0.15) is 6.33 Å². The van der Waals surface area contributed by atoms with Crippen LogP contribution in [0.2, 0.25) is 0 Å². The van der Waals surface area contributed by atoms with Gasteiger partial charge in [0.15, 0.2) is 5.75 Å². The number of aromatic nitrogens is 4. The van der Waals surface area contributed by atoms with Crippen LogP contribution in [-0.2, 0) is 6.42 Å². The summed E-state index contributed by atoms with van der Waals surface area (Å²) in [4.78, 5) is 4.25. The molecular formula is C14H13N5O. The lowest BCUT2D eigenvalue weighted by Crippen LogP contribution is -2.12. The molecule has 0 unspecified atom stereocenters. The number of hydrogen-bond donors (Lipinski definition) is 1. The number of aryl methyl sites for hydroxylation is 1. The van der Waals surface area contributed by atoms with Crippen molar-refractivity contribution < 1.29 is 4.74 Å². The highest BCUT2D eigenvalue weighted by Crippen LogP contribution is 2.35. The van der Waals surface area contributed by atoms with E-state index in [0.717, 1.165) is 30.8 Å². The van der Waals surface area contributed by atoms with E-state index in [9.17, 15) is 0 Å². The van der Waals surface area contributed by atoms with Crippen molar-refractivity contribution in [3.8, 4) is 11.6 Å². The number of para-hydroxylation sites is 1. The molecule has 0 saturated carbocycles. The van der Waals surface area contributed by atoms with Gasteiger partial charge in [0, 0.05) is 18.9 Å². The molecule has 0 saturated heterocycles. The van der Waals surface area contributed by atoms with Crippen LogP contribution in [0.5, 0.6) is 11.6 Å². The summed E-state index contributed by atoms with van der Waals surface area (Å²) in [6.07, 6.45) is 7.31. The summed E-state index contributed by atoms with van der Waals surface area (Å²) in [5.74, 6) is 1.25. The third kappa shape index (κ3) is 1.77. The SMILES string of the molecule is c1cc2c(c(Oc3nccn4cnnc34)c1)NCCC2. The quantitative estimate of drug-likeness (QED) is 0.771. The number of ether oxygens (including phenoxy) is 1. The van der Waals surface area contributed by atoms with Gasteiger partial charge in [0.2, 0.25) is 5.65 Å². The second-order valence-corrected chi connectivity index (χ2v) is 4.72. The van der Waals surface area contributed by atoms with Crippen molar-refractivity contribution in [3.05, 3.63) is 42.5 Å². The Morgan fingerprint density at radius 3 is 3.30 bits per heavy atom. The maximum Gasteiger partial charge on any atom is 0.265 e. The fraction of sp³-hybridized carbons (Fsp3) is 0.214. The van der Waals surface area contributed by atoms with E-state index in [2.05, 4.69) is 26.6 Å². The maximum absolute atomic E-state index is 5.95. The van der Waals surface area contributed by atoms with Crippen molar-refractivity contribution in [1.82, 2.24) is 19.6 Å². The van der Waals surface area contributed by atoms with E-state index in [-0.39, 0.29) is 0 Å². The lowest BCUT2D eigenvalue weighted by molar-refractivity contribution is 0.465. The first kappa shape index (κ1) is 11.2. The van der Waals surface area contributed by atoms with Gasteiger partial charge in [0.25, 0.3) is 5.88 Å². The molecule has 2 aromatic heterocycles. The van der Waals surface area contributed by atoms with Crippen LogP contribution in [0.15, 0.2) is 36.9 Å². The van der Waals surface area contributed by atoms with E-state index < -0.39 is 0 Å². The molecule has 100 valence electrons. The summed E-state index contributed by atoms with van der Waals surface area (Å²) in [6, 6.07) is 6.07. The molecule has 0 atom stereocenters. The molecule has 0 aliphatic carbocycles. The van der Waals surface area contributed by atoms with Gasteiger partial charge in [-0.3, -0.25) is 4.40 Å². The van der Waals surface area contributed by atoms with Crippen LogP contribution >= 0.6 is 0 Å². The normalized spacial score (nSPS) is 13.8. The number of hydrogen-bond acceptors (Lipinski definition) is 5. The Hall–Kier alpha value is -2.63. The zero-order valence-electron chi connectivity index (χ0n) is 10.8. The van der Waals surface area contributed by atoms with Crippen LogP contribution in [0.1, 0.15) is 12.0 Å². The molecule has 0 bridgehead atoms. The molecule has 3 heterocycles. The highest BCUT2D eigenvalue weighted by molar-refractivity contribution is 5.65. The molecule has 0 spiro atoms. The first-order chi connectivity index (χ1) is 9.92. The number of nitrogens with zero attached hydrogens (tertiary/aromatic N) is 4. The number of benzene rings is 1. The molecular weight excluding hydrogens is 254 g/mol. The molecule has 6 nitrogen and oxygen atoms in total. The lowest BCUT2D eigenvalue weighted by atomic mass is 10.0. The standard InChI is InChI=1S/C14H13N5O/c1-3-10-4-2-6-15-12(10)11(5-1)20-14-13-18-17-9-19(13)8-7-16-14/h1,3,5,7-9,15H,2,4,6H2. The van der Waals surface area contributed by atoms with E-state index >= 15 is 0 Å². The number of nitrogens with one attached hydrogen (secondary N) is 1. The van der Waals surface area contributed by atoms with Gasteiger partial charge in [-0.1, -0.05) is 12.1 Å². The Balaban J connectivity index is 1.78. The minimum absolute atomic E-state index is 0.464. The third-order valence-electron chi connectivity index (χ3n) is 3.43. The Bertz CT molecular complexity index is 767. The van der Waals surface area contributed by atoms with Crippen LogP contribution in [0, 0.1) is 0 Å². The Morgan fingerprint density at radius 1 is 1.30 bits per heavy atom.